The van der Waals surface area contributed by atoms with E-state index >= 15 is 0 Å². The summed E-state index contributed by atoms with van der Waals surface area (Å²) in [4.78, 5) is 29.4. The number of oxazole rings is 1. The predicted molar refractivity (Wildman–Crippen MR) is 108 cm³/mol. The highest BCUT2D eigenvalue weighted by molar-refractivity contribution is 9.10. The average Bonchev–Trinajstić information content (AvgIpc) is 3.29. The third-order valence-electron chi connectivity index (χ3n) is 4.12. The van der Waals surface area contributed by atoms with Crippen molar-refractivity contribution in [2.24, 2.45) is 0 Å². The lowest BCUT2D eigenvalue weighted by Gasteiger charge is -2.07. The summed E-state index contributed by atoms with van der Waals surface area (Å²) in [5, 5.41) is 2.65. The first-order valence-corrected chi connectivity index (χ1v) is 10.0. The predicted octanol–water partition coefficient (Wildman–Crippen LogP) is 4.87. The zero-order valence-electron chi connectivity index (χ0n) is 14.7. The van der Waals surface area contributed by atoms with Crippen LogP contribution in [0.15, 0.2) is 59.9 Å². The first kappa shape index (κ1) is 18.6. The second-order valence-corrected chi connectivity index (χ2v) is 7.93. The van der Waals surface area contributed by atoms with Gasteiger partial charge in [0.05, 0.1) is 17.0 Å². The Balaban J connectivity index is 1.48. The molecule has 0 atom stereocenters. The van der Waals surface area contributed by atoms with Gasteiger partial charge in [-0.3, -0.25) is 4.79 Å². The van der Waals surface area contributed by atoms with E-state index in [4.69, 9.17) is 13.6 Å². The number of fused-ring (bicyclic) bond motifs is 1. The number of hydrogen-bond donors (Lipinski definition) is 0. The van der Waals surface area contributed by atoms with Gasteiger partial charge in [-0.1, -0.05) is 22.0 Å². The summed E-state index contributed by atoms with van der Waals surface area (Å²) in [5.74, 6) is 0.621. The number of benzene rings is 1. The number of aryl methyl sites for hydroxylation is 1. The Bertz CT molecular complexity index is 1210. The third kappa shape index (κ3) is 3.93. The summed E-state index contributed by atoms with van der Waals surface area (Å²) in [6.07, 6.45) is -0.00830. The first-order valence-electron chi connectivity index (χ1n) is 8.37. The molecule has 0 saturated carbocycles. The number of carbonyl (C=O) groups excluding carboxylic acids is 1. The molecule has 4 aromatic rings. The van der Waals surface area contributed by atoms with E-state index in [1.165, 1.54) is 17.4 Å². The summed E-state index contributed by atoms with van der Waals surface area (Å²) in [5.41, 5.74) is 1.06. The van der Waals surface area contributed by atoms with E-state index in [-0.39, 0.29) is 13.0 Å². The van der Waals surface area contributed by atoms with Gasteiger partial charge in [0.1, 0.15) is 18.0 Å². The van der Waals surface area contributed by atoms with Crippen LogP contribution < -0.4 is 5.63 Å². The van der Waals surface area contributed by atoms with E-state index in [2.05, 4.69) is 20.9 Å². The van der Waals surface area contributed by atoms with E-state index in [1.54, 1.807) is 19.1 Å². The topological polar surface area (TPSA) is 82.5 Å². The maximum atomic E-state index is 12.3. The minimum atomic E-state index is -0.496. The van der Waals surface area contributed by atoms with Gasteiger partial charge in [0.15, 0.2) is 0 Å². The van der Waals surface area contributed by atoms with Crippen LogP contribution in [0.1, 0.15) is 17.0 Å². The van der Waals surface area contributed by atoms with Gasteiger partial charge in [-0.25, -0.2) is 9.78 Å². The molecule has 0 fully saturated rings. The summed E-state index contributed by atoms with van der Waals surface area (Å²) in [6, 6.07) is 10.5. The minimum Gasteiger partial charge on any atom is -0.460 e. The van der Waals surface area contributed by atoms with Crippen molar-refractivity contribution in [1.29, 1.82) is 0 Å². The Morgan fingerprint density at radius 2 is 2.11 bits per heavy atom. The molecule has 8 heteroatoms. The molecule has 0 aliphatic rings. The molecule has 0 radical (unpaired) electrons. The molecule has 3 heterocycles. The van der Waals surface area contributed by atoms with Gasteiger partial charge < -0.3 is 13.6 Å². The number of thiophene rings is 1. The van der Waals surface area contributed by atoms with E-state index in [0.29, 0.717) is 33.9 Å². The number of nitrogens with zero attached hydrogens (tertiary/aromatic N) is 1. The van der Waals surface area contributed by atoms with Gasteiger partial charge in [-0.2, -0.15) is 0 Å². The van der Waals surface area contributed by atoms with Crippen LogP contribution in [0.5, 0.6) is 0 Å². The molecule has 28 heavy (non-hydrogen) atoms. The van der Waals surface area contributed by atoms with Gasteiger partial charge in [0.2, 0.25) is 5.89 Å². The standard InChI is InChI=1S/C20H14BrNO5S/c1-11-15(22-20(26-11)17-3-2-6-28-17)9-18(23)25-10-12-7-19(24)27-16-8-13(21)4-5-14(12)16/h2-8H,9-10H2,1H3. The van der Waals surface area contributed by atoms with Gasteiger partial charge in [-0.15, -0.1) is 11.3 Å². The molecule has 3 aromatic heterocycles. The SMILES string of the molecule is Cc1oc(-c2cccs2)nc1CC(=O)OCc1cc(=O)oc2cc(Br)ccc12. The average molecular weight is 460 g/mol. The molecule has 0 aliphatic heterocycles. The van der Waals surface area contributed by atoms with Gasteiger partial charge in [-0.05, 0) is 36.6 Å². The second kappa shape index (κ2) is 7.73. The van der Waals surface area contributed by atoms with Crippen LogP contribution in [-0.4, -0.2) is 11.0 Å². The van der Waals surface area contributed by atoms with Crippen LogP contribution in [-0.2, 0) is 22.6 Å². The zero-order valence-corrected chi connectivity index (χ0v) is 17.1. The molecule has 1 aromatic carbocycles. The summed E-state index contributed by atoms with van der Waals surface area (Å²) < 4.78 is 17.0. The maximum absolute atomic E-state index is 12.3. The highest BCUT2D eigenvalue weighted by Crippen LogP contribution is 2.26. The Labute approximate surface area is 171 Å². The first-order chi connectivity index (χ1) is 13.5. The molecule has 0 bridgehead atoms. The number of aromatic nitrogens is 1. The Kier molecular flexibility index (Phi) is 5.15. The van der Waals surface area contributed by atoms with Crippen molar-refractivity contribution >= 4 is 44.2 Å². The molecule has 4 rings (SSSR count). The van der Waals surface area contributed by atoms with E-state index in [1.807, 2.05) is 23.6 Å². The molecule has 0 unspecified atom stereocenters. The fraction of sp³-hybridized carbons (Fsp3) is 0.150. The van der Waals surface area contributed by atoms with Crippen LogP contribution in [0.4, 0.5) is 0 Å². The molecule has 0 amide bonds. The quantitative estimate of drug-likeness (QED) is 0.312. The Morgan fingerprint density at radius 3 is 2.89 bits per heavy atom. The van der Waals surface area contributed by atoms with Crippen molar-refractivity contribution in [3.63, 3.8) is 0 Å². The van der Waals surface area contributed by atoms with Crippen molar-refractivity contribution in [1.82, 2.24) is 4.98 Å². The van der Waals surface area contributed by atoms with Crippen LogP contribution in [0.3, 0.4) is 0 Å². The van der Waals surface area contributed by atoms with Gasteiger partial charge in [0.25, 0.3) is 0 Å². The van der Waals surface area contributed by atoms with Crippen molar-refractivity contribution < 1.29 is 18.4 Å². The van der Waals surface area contributed by atoms with Crippen LogP contribution in [0.2, 0.25) is 0 Å². The Morgan fingerprint density at radius 1 is 1.25 bits per heavy atom. The number of halogens is 1. The number of carbonyl (C=O) groups is 1. The van der Waals surface area contributed by atoms with E-state index < -0.39 is 11.6 Å². The molecular formula is C20H14BrNO5S. The van der Waals surface area contributed by atoms with Gasteiger partial charge >= 0.3 is 11.6 Å². The van der Waals surface area contributed by atoms with Crippen LogP contribution >= 0.6 is 27.3 Å². The number of ether oxygens (including phenoxy) is 1. The molecule has 142 valence electrons. The zero-order chi connectivity index (χ0) is 19.7. The lowest BCUT2D eigenvalue weighted by molar-refractivity contribution is -0.144. The van der Waals surface area contributed by atoms with Crippen molar-refractivity contribution in [2.45, 2.75) is 20.0 Å². The smallest absolute Gasteiger partial charge is 0.336 e. The summed E-state index contributed by atoms with van der Waals surface area (Å²) in [7, 11) is 0. The minimum absolute atomic E-state index is 0.00830. The highest BCUT2D eigenvalue weighted by Gasteiger charge is 2.17. The van der Waals surface area contributed by atoms with Crippen LogP contribution in [0, 0.1) is 6.92 Å². The van der Waals surface area contributed by atoms with Gasteiger partial charge in [0, 0.05) is 21.5 Å². The Hall–Kier alpha value is -2.71. The normalized spacial score (nSPS) is 11.1. The van der Waals surface area contributed by atoms with E-state index in [9.17, 15) is 9.59 Å². The highest BCUT2D eigenvalue weighted by atomic mass is 79.9. The van der Waals surface area contributed by atoms with Crippen molar-refractivity contribution in [2.75, 3.05) is 0 Å². The van der Waals surface area contributed by atoms with E-state index in [0.717, 1.165) is 9.35 Å². The fourth-order valence-electron chi connectivity index (χ4n) is 2.77. The number of rotatable bonds is 5. The molecule has 0 spiro atoms. The third-order valence-corrected chi connectivity index (χ3v) is 5.47. The molecular weight excluding hydrogens is 446 g/mol. The number of hydrogen-bond acceptors (Lipinski definition) is 7. The van der Waals surface area contributed by atoms with Crippen molar-refractivity contribution in [3.05, 3.63) is 73.7 Å². The fourth-order valence-corrected chi connectivity index (χ4v) is 3.76. The monoisotopic (exact) mass is 459 g/mol. The largest absolute Gasteiger partial charge is 0.460 e. The van der Waals surface area contributed by atoms with Crippen LogP contribution in [0.25, 0.3) is 21.7 Å². The summed E-state index contributed by atoms with van der Waals surface area (Å²) >= 11 is 4.85. The molecule has 0 aliphatic carbocycles. The maximum Gasteiger partial charge on any atom is 0.336 e. The molecule has 0 N–H and O–H groups in total. The van der Waals surface area contributed by atoms with Crippen molar-refractivity contribution in [3.8, 4) is 10.8 Å². The lowest BCUT2D eigenvalue weighted by atomic mass is 10.1. The second-order valence-electron chi connectivity index (χ2n) is 6.07. The summed E-state index contributed by atoms with van der Waals surface area (Å²) in [6.45, 7) is 1.73. The lowest BCUT2D eigenvalue weighted by Crippen LogP contribution is -2.10. The molecule has 6 nitrogen and oxygen atoms in total. The molecule has 0 saturated heterocycles. The number of esters is 1.